The Morgan fingerprint density at radius 2 is 2.44 bits per heavy atom. The predicted octanol–water partition coefficient (Wildman–Crippen LogP) is 1.70. The first-order chi connectivity index (χ1) is 8.60. The Kier molecular flexibility index (Phi) is 3.73. The van der Waals surface area contributed by atoms with E-state index in [1.807, 2.05) is 13.8 Å². The average molecular weight is 265 g/mol. The van der Waals surface area contributed by atoms with Crippen LogP contribution in [0.4, 0.5) is 5.82 Å². The van der Waals surface area contributed by atoms with Gasteiger partial charge in [-0.3, -0.25) is 9.89 Å². The lowest BCUT2D eigenvalue weighted by Gasteiger charge is -1.98. The van der Waals surface area contributed by atoms with Gasteiger partial charge >= 0.3 is 0 Å². The van der Waals surface area contributed by atoms with Crippen LogP contribution in [0.2, 0.25) is 0 Å². The third-order valence-corrected chi connectivity index (χ3v) is 3.44. The summed E-state index contributed by atoms with van der Waals surface area (Å²) in [6.45, 7) is 3.84. The first-order valence-electron chi connectivity index (χ1n) is 5.66. The molecule has 1 atom stereocenters. The highest BCUT2D eigenvalue weighted by molar-refractivity contribution is 7.09. The first-order valence-corrected chi connectivity index (χ1v) is 6.54. The van der Waals surface area contributed by atoms with Crippen LogP contribution in [0, 0.1) is 0 Å². The minimum Gasteiger partial charge on any atom is -0.322 e. The Morgan fingerprint density at radius 1 is 1.67 bits per heavy atom. The molecule has 0 bridgehead atoms. The SMILES string of the molecule is CCc1cc(NC(=O)c2csc(C(C)N)n2)n[nH]1. The van der Waals surface area contributed by atoms with Crippen LogP contribution < -0.4 is 11.1 Å². The van der Waals surface area contributed by atoms with E-state index < -0.39 is 0 Å². The summed E-state index contributed by atoms with van der Waals surface area (Å²) < 4.78 is 0. The number of thiazole rings is 1. The molecule has 0 aliphatic rings. The number of hydrogen-bond donors (Lipinski definition) is 3. The predicted molar refractivity (Wildman–Crippen MR) is 70.6 cm³/mol. The molecule has 2 rings (SSSR count). The van der Waals surface area contributed by atoms with Gasteiger partial charge in [0.05, 0.1) is 6.04 Å². The summed E-state index contributed by atoms with van der Waals surface area (Å²) >= 11 is 1.38. The number of aromatic nitrogens is 3. The number of nitrogens with one attached hydrogen (secondary N) is 2. The van der Waals surface area contributed by atoms with E-state index in [9.17, 15) is 4.79 Å². The molecule has 7 heteroatoms. The van der Waals surface area contributed by atoms with E-state index in [2.05, 4.69) is 20.5 Å². The number of aryl methyl sites for hydroxylation is 1. The van der Waals surface area contributed by atoms with E-state index in [4.69, 9.17) is 5.73 Å². The standard InChI is InChI=1S/C11H15N5OS/c1-3-7-4-9(16-15-7)14-10(17)8-5-18-11(13-8)6(2)12/h4-6H,3,12H2,1-2H3,(H2,14,15,16,17). The number of H-pyrrole nitrogens is 1. The zero-order valence-corrected chi connectivity index (χ0v) is 11.0. The molecule has 4 N–H and O–H groups in total. The zero-order valence-electron chi connectivity index (χ0n) is 10.2. The number of anilines is 1. The van der Waals surface area contributed by atoms with Crippen LogP contribution in [0.5, 0.6) is 0 Å². The molecular weight excluding hydrogens is 250 g/mol. The van der Waals surface area contributed by atoms with Gasteiger partial charge in [-0.05, 0) is 13.3 Å². The van der Waals surface area contributed by atoms with Crippen molar-refractivity contribution in [1.29, 1.82) is 0 Å². The Labute approximate surface area is 109 Å². The normalized spacial score (nSPS) is 12.4. The molecule has 0 spiro atoms. The molecule has 2 aromatic rings. The van der Waals surface area contributed by atoms with Gasteiger partial charge in [-0.15, -0.1) is 11.3 Å². The fourth-order valence-electron chi connectivity index (χ4n) is 1.39. The minimum absolute atomic E-state index is 0.159. The van der Waals surface area contributed by atoms with Crippen LogP contribution in [0.25, 0.3) is 0 Å². The van der Waals surface area contributed by atoms with Gasteiger partial charge in [0.15, 0.2) is 5.82 Å². The molecule has 0 saturated heterocycles. The fourth-order valence-corrected chi connectivity index (χ4v) is 2.15. The number of aromatic amines is 1. The second kappa shape index (κ2) is 5.28. The Morgan fingerprint density at radius 3 is 3.00 bits per heavy atom. The van der Waals surface area contributed by atoms with Crippen LogP contribution in [-0.4, -0.2) is 21.1 Å². The van der Waals surface area contributed by atoms with Gasteiger partial charge in [0.1, 0.15) is 10.7 Å². The smallest absolute Gasteiger partial charge is 0.276 e. The first kappa shape index (κ1) is 12.7. The summed E-state index contributed by atoms with van der Waals surface area (Å²) in [5.74, 6) is 0.236. The molecule has 0 aliphatic carbocycles. The largest absolute Gasteiger partial charge is 0.322 e. The van der Waals surface area contributed by atoms with Gasteiger partial charge in [0.2, 0.25) is 0 Å². The number of carbonyl (C=O) groups excluding carboxylic acids is 1. The van der Waals surface area contributed by atoms with Crippen molar-refractivity contribution in [2.24, 2.45) is 5.73 Å². The zero-order chi connectivity index (χ0) is 13.1. The molecule has 96 valence electrons. The third-order valence-electron chi connectivity index (χ3n) is 2.40. The molecule has 0 fully saturated rings. The summed E-state index contributed by atoms with van der Waals surface area (Å²) in [6, 6.07) is 1.64. The lowest BCUT2D eigenvalue weighted by Crippen LogP contribution is -2.13. The van der Waals surface area contributed by atoms with Crippen molar-refractivity contribution >= 4 is 23.1 Å². The molecule has 0 aromatic carbocycles. The average Bonchev–Trinajstić information content (AvgIpc) is 2.97. The maximum atomic E-state index is 11.9. The minimum atomic E-state index is -0.271. The molecule has 0 radical (unpaired) electrons. The lowest BCUT2D eigenvalue weighted by atomic mass is 10.3. The number of amides is 1. The Hall–Kier alpha value is -1.73. The van der Waals surface area contributed by atoms with Crippen LogP contribution in [0.1, 0.15) is 41.1 Å². The van der Waals surface area contributed by atoms with Gasteiger partial charge < -0.3 is 11.1 Å². The number of carbonyl (C=O) groups is 1. The highest BCUT2D eigenvalue weighted by Gasteiger charge is 2.13. The molecule has 1 unspecified atom stereocenters. The monoisotopic (exact) mass is 265 g/mol. The van der Waals surface area contributed by atoms with Crippen molar-refractivity contribution in [3.8, 4) is 0 Å². The number of nitrogens with two attached hydrogens (primary N) is 1. The summed E-state index contributed by atoms with van der Waals surface area (Å²) in [7, 11) is 0. The maximum absolute atomic E-state index is 11.9. The van der Waals surface area contributed by atoms with Crippen LogP contribution in [0.15, 0.2) is 11.4 Å². The molecule has 0 saturated carbocycles. The summed E-state index contributed by atoms with van der Waals surface area (Å²) in [5, 5.41) is 12.0. The third kappa shape index (κ3) is 2.74. The van der Waals surface area contributed by atoms with Gasteiger partial charge in [-0.25, -0.2) is 4.98 Å². The van der Waals surface area contributed by atoms with Crippen molar-refractivity contribution in [3.05, 3.63) is 27.8 Å². The highest BCUT2D eigenvalue weighted by Crippen LogP contribution is 2.16. The van der Waals surface area contributed by atoms with E-state index >= 15 is 0 Å². The van der Waals surface area contributed by atoms with Crippen molar-refractivity contribution in [3.63, 3.8) is 0 Å². The number of nitrogens with zero attached hydrogens (tertiary/aromatic N) is 2. The topological polar surface area (TPSA) is 96.7 Å². The second-order valence-corrected chi connectivity index (χ2v) is 4.84. The molecular formula is C11H15N5OS. The fraction of sp³-hybridized carbons (Fsp3) is 0.364. The van der Waals surface area contributed by atoms with E-state index in [1.54, 1.807) is 11.4 Å². The molecule has 0 aliphatic heterocycles. The quantitative estimate of drug-likeness (QED) is 0.783. The maximum Gasteiger partial charge on any atom is 0.276 e. The van der Waals surface area contributed by atoms with Crippen LogP contribution in [0.3, 0.4) is 0 Å². The van der Waals surface area contributed by atoms with Crippen LogP contribution >= 0.6 is 11.3 Å². The van der Waals surface area contributed by atoms with Crippen molar-refractivity contribution in [2.75, 3.05) is 5.32 Å². The van der Waals surface area contributed by atoms with Gasteiger partial charge in [0, 0.05) is 17.1 Å². The molecule has 2 aromatic heterocycles. The van der Waals surface area contributed by atoms with Gasteiger partial charge in [-0.2, -0.15) is 5.10 Å². The van der Waals surface area contributed by atoms with E-state index in [-0.39, 0.29) is 11.9 Å². The van der Waals surface area contributed by atoms with Crippen molar-refractivity contribution in [1.82, 2.24) is 15.2 Å². The Balaban J connectivity index is 2.06. The molecule has 6 nitrogen and oxygen atoms in total. The number of hydrogen-bond acceptors (Lipinski definition) is 5. The van der Waals surface area contributed by atoms with E-state index in [1.165, 1.54) is 11.3 Å². The molecule has 2 heterocycles. The van der Waals surface area contributed by atoms with Crippen molar-refractivity contribution in [2.45, 2.75) is 26.3 Å². The second-order valence-electron chi connectivity index (χ2n) is 3.95. The van der Waals surface area contributed by atoms with Crippen LogP contribution in [-0.2, 0) is 6.42 Å². The van der Waals surface area contributed by atoms with Crippen molar-refractivity contribution < 1.29 is 4.79 Å². The summed E-state index contributed by atoms with van der Waals surface area (Å²) in [4.78, 5) is 16.1. The summed E-state index contributed by atoms with van der Waals surface area (Å²) in [6.07, 6.45) is 0.842. The Bertz CT molecular complexity index is 545. The lowest BCUT2D eigenvalue weighted by molar-refractivity contribution is 0.102. The van der Waals surface area contributed by atoms with Gasteiger partial charge in [-0.1, -0.05) is 6.92 Å². The van der Waals surface area contributed by atoms with E-state index in [0.29, 0.717) is 11.5 Å². The van der Waals surface area contributed by atoms with E-state index in [0.717, 1.165) is 17.1 Å². The molecule has 18 heavy (non-hydrogen) atoms. The number of rotatable bonds is 4. The highest BCUT2D eigenvalue weighted by atomic mass is 32.1. The van der Waals surface area contributed by atoms with Gasteiger partial charge in [0.25, 0.3) is 5.91 Å². The summed E-state index contributed by atoms with van der Waals surface area (Å²) in [5.41, 5.74) is 7.04. The molecule has 1 amide bonds.